The third kappa shape index (κ3) is 4.07. The average molecular weight is 375 g/mol. The summed E-state index contributed by atoms with van der Waals surface area (Å²) in [4.78, 5) is 21.2. The highest BCUT2D eigenvalue weighted by molar-refractivity contribution is 8.00. The molecule has 1 aliphatic rings. The third-order valence-corrected chi connectivity index (χ3v) is 5.80. The zero-order valence-electron chi connectivity index (χ0n) is 15.6. The lowest BCUT2D eigenvalue weighted by Gasteiger charge is -2.35. The molecule has 0 radical (unpaired) electrons. The van der Waals surface area contributed by atoms with Gasteiger partial charge in [-0.05, 0) is 32.5 Å². The van der Waals surface area contributed by atoms with Crippen LogP contribution in [0.25, 0.3) is 11.4 Å². The number of nitrogens with zero attached hydrogens (tertiary/aromatic N) is 6. The summed E-state index contributed by atoms with van der Waals surface area (Å²) in [6.45, 7) is 11.5. The minimum atomic E-state index is -0.178. The zero-order chi connectivity index (χ0) is 18.5. The van der Waals surface area contributed by atoms with E-state index in [0.717, 1.165) is 55.8 Å². The van der Waals surface area contributed by atoms with E-state index >= 15 is 0 Å². The maximum atomic E-state index is 12.8. The zero-order valence-corrected chi connectivity index (χ0v) is 16.4. The van der Waals surface area contributed by atoms with Gasteiger partial charge in [-0.25, -0.2) is 0 Å². The highest BCUT2D eigenvalue weighted by Crippen LogP contribution is 2.27. The predicted octanol–water partition coefficient (Wildman–Crippen LogP) is 2.00. The van der Waals surface area contributed by atoms with Crippen LogP contribution in [0.4, 0.5) is 0 Å². The van der Waals surface area contributed by atoms with Gasteiger partial charge in [-0.3, -0.25) is 9.78 Å². The van der Waals surface area contributed by atoms with Crippen molar-refractivity contribution in [3.63, 3.8) is 0 Å². The number of carbonyl (C=O) groups is 1. The summed E-state index contributed by atoms with van der Waals surface area (Å²) in [6, 6.07) is 3.85. The second kappa shape index (κ2) is 8.64. The molecule has 1 atom stereocenters. The largest absolute Gasteiger partial charge is 0.339 e. The van der Waals surface area contributed by atoms with Crippen molar-refractivity contribution in [2.45, 2.75) is 37.7 Å². The van der Waals surface area contributed by atoms with Crippen molar-refractivity contribution in [3.05, 3.63) is 24.5 Å². The van der Waals surface area contributed by atoms with E-state index in [0.29, 0.717) is 0 Å². The SMILES string of the molecule is CCN1CCN(C(=O)C(C)Sc2nnc(-c3ccncc3)n2CC)CC1. The fourth-order valence-electron chi connectivity index (χ4n) is 3.13. The third-order valence-electron chi connectivity index (χ3n) is 4.73. The Labute approximate surface area is 158 Å². The van der Waals surface area contributed by atoms with Crippen molar-refractivity contribution in [2.75, 3.05) is 32.7 Å². The van der Waals surface area contributed by atoms with Crippen LogP contribution >= 0.6 is 11.8 Å². The number of pyridine rings is 1. The predicted molar refractivity (Wildman–Crippen MR) is 103 cm³/mol. The van der Waals surface area contributed by atoms with Crippen molar-refractivity contribution in [1.29, 1.82) is 0 Å². The smallest absolute Gasteiger partial charge is 0.235 e. The molecule has 0 aromatic carbocycles. The molecule has 3 heterocycles. The molecule has 1 saturated heterocycles. The molecule has 2 aromatic heterocycles. The van der Waals surface area contributed by atoms with Crippen LogP contribution in [0.1, 0.15) is 20.8 Å². The molecule has 1 aliphatic heterocycles. The number of aromatic nitrogens is 4. The number of rotatable bonds is 6. The van der Waals surface area contributed by atoms with Crippen molar-refractivity contribution in [1.82, 2.24) is 29.5 Å². The summed E-state index contributed by atoms with van der Waals surface area (Å²) in [5.74, 6) is 0.996. The van der Waals surface area contributed by atoms with Crippen LogP contribution in [0.3, 0.4) is 0 Å². The molecule has 0 saturated carbocycles. The molecule has 1 amide bonds. The first-order valence-corrected chi connectivity index (χ1v) is 10.0. The maximum Gasteiger partial charge on any atom is 0.235 e. The second-order valence-corrected chi connectivity index (χ2v) is 7.61. The van der Waals surface area contributed by atoms with E-state index in [9.17, 15) is 4.79 Å². The summed E-state index contributed by atoms with van der Waals surface area (Å²) in [6.07, 6.45) is 3.50. The molecule has 26 heavy (non-hydrogen) atoms. The van der Waals surface area contributed by atoms with Crippen LogP contribution in [0.5, 0.6) is 0 Å². The second-order valence-electron chi connectivity index (χ2n) is 6.31. The van der Waals surface area contributed by atoms with Crippen molar-refractivity contribution >= 4 is 17.7 Å². The van der Waals surface area contributed by atoms with E-state index in [-0.39, 0.29) is 11.2 Å². The molecule has 140 valence electrons. The Balaban J connectivity index is 1.69. The number of likely N-dealkylation sites (N-methyl/N-ethyl adjacent to an activating group) is 1. The standard InChI is InChI=1S/C18H26N6OS/c1-4-22-10-12-23(13-11-22)17(25)14(3)26-18-21-20-16(24(18)5-2)15-6-8-19-9-7-15/h6-9,14H,4-5,10-13H2,1-3H3. The lowest BCUT2D eigenvalue weighted by molar-refractivity contribution is -0.132. The fourth-order valence-corrected chi connectivity index (χ4v) is 4.12. The number of amides is 1. The molecule has 0 bridgehead atoms. The van der Waals surface area contributed by atoms with E-state index in [4.69, 9.17) is 0 Å². The number of hydrogen-bond donors (Lipinski definition) is 0. The van der Waals surface area contributed by atoms with Gasteiger partial charge < -0.3 is 14.4 Å². The Hall–Kier alpha value is -1.93. The van der Waals surface area contributed by atoms with Crippen LogP contribution in [0.15, 0.2) is 29.7 Å². The number of hydrogen-bond acceptors (Lipinski definition) is 6. The molecule has 0 N–H and O–H groups in total. The Kier molecular flexibility index (Phi) is 6.26. The van der Waals surface area contributed by atoms with Gasteiger partial charge in [-0.15, -0.1) is 10.2 Å². The number of piperazine rings is 1. The summed E-state index contributed by atoms with van der Waals surface area (Å²) < 4.78 is 2.05. The quantitative estimate of drug-likeness (QED) is 0.721. The Bertz CT molecular complexity index is 727. The van der Waals surface area contributed by atoms with Crippen molar-refractivity contribution in [3.8, 4) is 11.4 Å². The van der Waals surface area contributed by atoms with Gasteiger partial charge in [0.05, 0.1) is 5.25 Å². The van der Waals surface area contributed by atoms with Gasteiger partial charge in [0, 0.05) is 50.7 Å². The molecule has 3 rings (SSSR count). The molecule has 1 unspecified atom stereocenters. The molecular formula is C18H26N6OS. The van der Waals surface area contributed by atoms with Gasteiger partial charge in [0.25, 0.3) is 0 Å². The first-order chi connectivity index (χ1) is 12.6. The fraction of sp³-hybridized carbons (Fsp3) is 0.556. The van der Waals surface area contributed by atoms with E-state index in [1.54, 1.807) is 12.4 Å². The topological polar surface area (TPSA) is 67.2 Å². The normalized spacial score (nSPS) is 16.7. The lowest BCUT2D eigenvalue weighted by atomic mass is 10.2. The highest BCUT2D eigenvalue weighted by atomic mass is 32.2. The van der Waals surface area contributed by atoms with Crippen LogP contribution in [-0.2, 0) is 11.3 Å². The van der Waals surface area contributed by atoms with Crippen LogP contribution < -0.4 is 0 Å². The van der Waals surface area contributed by atoms with Gasteiger partial charge >= 0.3 is 0 Å². The maximum absolute atomic E-state index is 12.8. The van der Waals surface area contributed by atoms with Crippen LogP contribution in [0, 0.1) is 0 Å². The minimum absolute atomic E-state index is 0.178. The lowest BCUT2D eigenvalue weighted by Crippen LogP contribution is -2.50. The monoisotopic (exact) mass is 374 g/mol. The molecule has 7 nitrogen and oxygen atoms in total. The van der Waals surface area contributed by atoms with Crippen molar-refractivity contribution in [2.24, 2.45) is 0 Å². The minimum Gasteiger partial charge on any atom is -0.339 e. The Morgan fingerprint density at radius 1 is 1.12 bits per heavy atom. The molecule has 8 heteroatoms. The first-order valence-electron chi connectivity index (χ1n) is 9.15. The van der Waals surface area contributed by atoms with E-state index in [1.807, 2.05) is 24.0 Å². The number of thioether (sulfide) groups is 1. The highest BCUT2D eigenvalue weighted by Gasteiger charge is 2.26. The Morgan fingerprint density at radius 2 is 1.81 bits per heavy atom. The van der Waals surface area contributed by atoms with Gasteiger partial charge in [0.1, 0.15) is 0 Å². The van der Waals surface area contributed by atoms with Gasteiger partial charge in [-0.2, -0.15) is 0 Å². The summed E-state index contributed by atoms with van der Waals surface area (Å²) in [7, 11) is 0. The van der Waals surface area contributed by atoms with E-state index in [2.05, 4.69) is 38.5 Å². The molecule has 1 fully saturated rings. The molecule has 2 aromatic rings. The van der Waals surface area contributed by atoms with Gasteiger partial charge in [-0.1, -0.05) is 18.7 Å². The molecular weight excluding hydrogens is 348 g/mol. The Morgan fingerprint density at radius 3 is 2.42 bits per heavy atom. The van der Waals surface area contributed by atoms with E-state index in [1.165, 1.54) is 11.8 Å². The van der Waals surface area contributed by atoms with Crippen molar-refractivity contribution < 1.29 is 4.79 Å². The first kappa shape index (κ1) is 18.8. The molecule has 0 aliphatic carbocycles. The molecule has 0 spiro atoms. The van der Waals surface area contributed by atoms with Gasteiger partial charge in [0.15, 0.2) is 11.0 Å². The average Bonchev–Trinajstić information content (AvgIpc) is 3.10. The van der Waals surface area contributed by atoms with Crippen LogP contribution in [0.2, 0.25) is 0 Å². The van der Waals surface area contributed by atoms with E-state index < -0.39 is 0 Å². The van der Waals surface area contributed by atoms with Gasteiger partial charge in [0.2, 0.25) is 5.91 Å². The van der Waals surface area contributed by atoms with Crippen LogP contribution in [-0.4, -0.2) is 73.4 Å². The summed E-state index contributed by atoms with van der Waals surface area (Å²) in [5, 5.41) is 9.28. The number of carbonyl (C=O) groups excluding carboxylic acids is 1. The summed E-state index contributed by atoms with van der Waals surface area (Å²) in [5.41, 5.74) is 0.982. The summed E-state index contributed by atoms with van der Waals surface area (Å²) >= 11 is 1.49.